The summed E-state index contributed by atoms with van der Waals surface area (Å²) in [5, 5.41) is 9.33. The Morgan fingerprint density at radius 2 is 1.83 bits per heavy atom. The van der Waals surface area contributed by atoms with Crippen LogP contribution in [0, 0.1) is 0 Å². The van der Waals surface area contributed by atoms with Gasteiger partial charge in [0.25, 0.3) is 0 Å². The van der Waals surface area contributed by atoms with Gasteiger partial charge in [0.05, 0.1) is 0 Å². The molecule has 9 heteroatoms. The average molecular weight is 398 g/mol. The van der Waals surface area contributed by atoms with Crippen molar-refractivity contribution in [1.82, 2.24) is 15.3 Å². The number of amides is 2. The van der Waals surface area contributed by atoms with Crippen LogP contribution in [0.5, 0.6) is 11.5 Å². The molecule has 0 radical (unpaired) electrons. The van der Waals surface area contributed by atoms with Crippen LogP contribution in [0.15, 0.2) is 30.5 Å². The Bertz CT molecular complexity index is 867. The maximum atomic E-state index is 12.3. The average Bonchev–Trinajstić information content (AvgIpc) is 3.17. The van der Waals surface area contributed by atoms with E-state index < -0.39 is 0 Å². The Labute approximate surface area is 169 Å². The van der Waals surface area contributed by atoms with Crippen LogP contribution in [0.3, 0.4) is 0 Å². The lowest BCUT2D eigenvalue weighted by Crippen LogP contribution is -2.42. The van der Waals surface area contributed by atoms with Gasteiger partial charge >= 0.3 is 6.03 Å². The number of nitrogens with one attached hydrogen (secondary N) is 3. The van der Waals surface area contributed by atoms with Gasteiger partial charge in [0, 0.05) is 44.1 Å². The van der Waals surface area contributed by atoms with Gasteiger partial charge in [-0.1, -0.05) is 0 Å². The molecule has 0 atom stereocenters. The van der Waals surface area contributed by atoms with Gasteiger partial charge in [-0.3, -0.25) is 0 Å². The Kier molecular flexibility index (Phi) is 5.55. The number of ether oxygens (including phenoxy) is 2. The maximum Gasteiger partial charge on any atom is 0.319 e. The number of nitrogens with zero attached hydrogens (tertiary/aromatic N) is 3. The maximum absolute atomic E-state index is 12.3. The second-order valence-electron chi connectivity index (χ2n) is 7.49. The van der Waals surface area contributed by atoms with Crippen molar-refractivity contribution in [1.29, 1.82) is 0 Å². The molecule has 29 heavy (non-hydrogen) atoms. The molecular formula is C20H26N6O3. The minimum Gasteiger partial charge on any atom is -0.454 e. The van der Waals surface area contributed by atoms with E-state index in [1.807, 2.05) is 25.1 Å². The molecule has 0 saturated heterocycles. The van der Waals surface area contributed by atoms with Crippen molar-refractivity contribution in [2.45, 2.75) is 37.8 Å². The van der Waals surface area contributed by atoms with Crippen LogP contribution in [0.1, 0.15) is 25.7 Å². The van der Waals surface area contributed by atoms with Crippen LogP contribution in [-0.2, 0) is 0 Å². The van der Waals surface area contributed by atoms with Crippen LogP contribution >= 0.6 is 0 Å². The molecule has 0 bridgehead atoms. The molecule has 2 amide bonds. The molecule has 4 rings (SSSR count). The van der Waals surface area contributed by atoms with E-state index in [-0.39, 0.29) is 18.9 Å². The van der Waals surface area contributed by atoms with Gasteiger partial charge in [-0.2, -0.15) is 4.98 Å². The summed E-state index contributed by atoms with van der Waals surface area (Å²) >= 11 is 0. The fourth-order valence-electron chi connectivity index (χ4n) is 3.56. The van der Waals surface area contributed by atoms with E-state index >= 15 is 0 Å². The van der Waals surface area contributed by atoms with Gasteiger partial charge in [0.15, 0.2) is 11.5 Å². The van der Waals surface area contributed by atoms with Crippen LogP contribution in [0.4, 0.5) is 22.2 Å². The number of carbonyl (C=O) groups excluding carboxylic acids is 1. The summed E-state index contributed by atoms with van der Waals surface area (Å²) in [6.45, 7) is 0.215. The minimum atomic E-state index is -0.206. The second-order valence-corrected chi connectivity index (χ2v) is 7.49. The van der Waals surface area contributed by atoms with Crippen molar-refractivity contribution in [3.8, 4) is 11.5 Å². The zero-order valence-corrected chi connectivity index (χ0v) is 16.6. The molecule has 2 aliphatic rings. The summed E-state index contributed by atoms with van der Waals surface area (Å²) in [4.78, 5) is 23.1. The Hall–Kier alpha value is -3.23. The third-order valence-electron chi connectivity index (χ3n) is 5.13. The first-order chi connectivity index (χ1) is 14.1. The molecule has 1 aliphatic carbocycles. The zero-order valence-electron chi connectivity index (χ0n) is 16.6. The lowest BCUT2D eigenvalue weighted by molar-refractivity contribution is 0.174. The lowest BCUT2D eigenvalue weighted by atomic mass is 9.91. The minimum absolute atomic E-state index is 0.149. The number of hydrogen-bond acceptors (Lipinski definition) is 7. The van der Waals surface area contributed by atoms with Crippen molar-refractivity contribution in [2.24, 2.45) is 0 Å². The number of aromatic nitrogens is 2. The van der Waals surface area contributed by atoms with Crippen LogP contribution in [-0.4, -0.2) is 49.0 Å². The van der Waals surface area contributed by atoms with Gasteiger partial charge in [-0.15, -0.1) is 0 Å². The Morgan fingerprint density at radius 3 is 2.62 bits per heavy atom. The van der Waals surface area contributed by atoms with Crippen molar-refractivity contribution in [3.63, 3.8) is 0 Å². The fourth-order valence-corrected chi connectivity index (χ4v) is 3.56. The van der Waals surface area contributed by atoms with Gasteiger partial charge in [-0.25, -0.2) is 9.78 Å². The van der Waals surface area contributed by atoms with E-state index in [0.29, 0.717) is 29.2 Å². The summed E-state index contributed by atoms with van der Waals surface area (Å²) in [6, 6.07) is 7.49. The molecule has 9 nitrogen and oxygen atoms in total. The van der Waals surface area contributed by atoms with Crippen molar-refractivity contribution in [3.05, 3.63) is 30.5 Å². The smallest absolute Gasteiger partial charge is 0.319 e. The van der Waals surface area contributed by atoms with Gasteiger partial charge < -0.3 is 30.3 Å². The molecule has 1 aromatic heterocycles. The first-order valence-corrected chi connectivity index (χ1v) is 9.81. The van der Waals surface area contributed by atoms with E-state index in [4.69, 9.17) is 9.47 Å². The highest BCUT2D eigenvalue weighted by Gasteiger charge is 2.23. The predicted octanol–water partition coefficient (Wildman–Crippen LogP) is 2.82. The molecule has 1 saturated carbocycles. The van der Waals surface area contributed by atoms with Gasteiger partial charge in [0.1, 0.15) is 5.82 Å². The molecule has 1 fully saturated rings. The van der Waals surface area contributed by atoms with E-state index in [0.717, 1.165) is 31.5 Å². The summed E-state index contributed by atoms with van der Waals surface area (Å²) in [6.07, 6.45) is 5.46. The topological polar surface area (TPSA) is 101 Å². The zero-order chi connectivity index (χ0) is 20.2. The van der Waals surface area contributed by atoms with Crippen molar-refractivity contribution in [2.75, 3.05) is 36.4 Å². The summed E-state index contributed by atoms with van der Waals surface area (Å²) in [5.74, 6) is 2.86. The molecule has 1 aliphatic heterocycles. The van der Waals surface area contributed by atoms with Gasteiger partial charge in [-0.05, 0) is 43.9 Å². The number of carbonyl (C=O) groups is 1. The third-order valence-corrected chi connectivity index (χ3v) is 5.13. The highest BCUT2D eigenvalue weighted by Crippen LogP contribution is 2.34. The highest BCUT2D eigenvalue weighted by molar-refractivity contribution is 5.89. The van der Waals surface area contributed by atoms with Gasteiger partial charge in [0.2, 0.25) is 12.7 Å². The van der Waals surface area contributed by atoms with Crippen molar-refractivity contribution >= 4 is 23.5 Å². The Balaban J connectivity index is 1.23. The monoisotopic (exact) mass is 398 g/mol. The number of benzene rings is 1. The highest BCUT2D eigenvalue weighted by atomic mass is 16.7. The fraction of sp³-hybridized carbons (Fsp3) is 0.450. The number of hydrogen-bond donors (Lipinski definition) is 3. The van der Waals surface area contributed by atoms with E-state index in [2.05, 4.69) is 25.9 Å². The molecule has 3 N–H and O–H groups in total. The molecule has 1 aromatic carbocycles. The molecule has 0 spiro atoms. The molecule has 0 unspecified atom stereocenters. The molecule has 2 aromatic rings. The van der Waals surface area contributed by atoms with E-state index in [1.54, 1.807) is 24.4 Å². The first-order valence-electron chi connectivity index (χ1n) is 9.81. The lowest BCUT2D eigenvalue weighted by Gasteiger charge is -2.29. The molecule has 2 heterocycles. The normalized spacial score (nSPS) is 20.1. The SMILES string of the molecule is CN(C)c1ccnc(N[C@H]2CC[C@@H](NC(=O)Nc3ccc4c(c3)OCO4)CC2)n1. The third kappa shape index (κ3) is 4.79. The van der Waals surface area contributed by atoms with E-state index in [9.17, 15) is 4.79 Å². The number of anilines is 3. The molecule has 154 valence electrons. The first kappa shape index (κ1) is 19.1. The largest absolute Gasteiger partial charge is 0.454 e. The number of fused-ring (bicyclic) bond motifs is 1. The van der Waals surface area contributed by atoms with E-state index in [1.165, 1.54) is 0 Å². The number of rotatable bonds is 5. The van der Waals surface area contributed by atoms with Crippen LogP contribution < -0.4 is 30.3 Å². The quantitative estimate of drug-likeness (QED) is 0.712. The summed E-state index contributed by atoms with van der Waals surface area (Å²) in [5.41, 5.74) is 0.681. The van der Waals surface area contributed by atoms with Crippen molar-refractivity contribution < 1.29 is 14.3 Å². The summed E-state index contributed by atoms with van der Waals surface area (Å²) in [7, 11) is 3.91. The predicted molar refractivity (Wildman–Crippen MR) is 111 cm³/mol. The second kappa shape index (κ2) is 8.42. The molecular weight excluding hydrogens is 372 g/mol. The number of urea groups is 1. The van der Waals surface area contributed by atoms with Crippen LogP contribution in [0.25, 0.3) is 0 Å². The standard InChI is InChI=1S/C20H26N6O3/c1-26(2)18-9-10-21-19(25-18)22-13-3-5-14(6-4-13)23-20(27)24-15-7-8-16-17(11-15)29-12-28-16/h7-11,13-14H,3-6,12H2,1-2H3,(H,21,22,25)(H2,23,24,27)/t13-,14+. The Morgan fingerprint density at radius 1 is 1.07 bits per heavy atom. The van der Waals surface area contributed by atoms with Crippen LogP contribution in [0.2, 0.25) is 0 Å². The summed E-state index contributed by atoms with van der Waals surface area (Å²) < 4.78 is 10.6.